The summed E-state index contributed by atoms with van der Waals surface area (Å²) < 4.78 is 0. The number of rotatable bonds is 3. The minimum absolute atomic E-state index is 0. The summed E-state index contributed by atoms with van der Waals surface area (Å²) in [5.41, 5.74) is 0. The maximum absolute atomic E-state index is 10.1. The summed E-state index contributed by atoms with van der Waals surface area (Å²) in [4.78, 5) is 29.7. The summed E-state index contributed by atoms with van der Waals surface area (Å²) in [5, 5.41) is 9.62. The fourth-order valence-electron chi connectivity index (χ4n) is 0.298. The molecule has 0 atom stereocenters. The van der Waals surface area contributed by atoms with E-state index in [-0.39, 0.29) is 29.6 Å². The third-order valence-electron chi connectivity index (χ3n) is 0.637. The van der Waals surface area contributed by atoms with Crippen molar-refractivity contribution in [2.45, 2.75) is 13.3 Å². The van der Waals surface area contributed by atoms with Crippen molar-refractivity contribution in [1.29, 1.82) is 0 Å². The molecule has 0 saturated heterocycles. The van der Waals surface area contributed by atoms with E-state index >= 15 is 0 Å². The Bertz CT molecular complexity index is 163. The van der Waals surface area contributed by atoms with E-state index in [9.17, 15) is 19.5 Å². The first-order valence-corrected chi connectivity index (χ1v) is 2.27. The van der Waals surface area contributed by atoms with E-state index in [1.165, 1.54) is 0 Å². The van der Waals surface area contributed by atoms with Gasteiger partial charge in [0.2, 0.25) is 0 Å². The van der Waals surface area contributed by atoms with Gasteiger partial charge in [-0.2, -0.15) is 0 Å². The van der Waals surface area contributed by atoms with Crippen molar-refractivity contribution >= 4 is 17.5 Å². The van der Waals surface area contributed by atoms with Gasteiger partial charge < -0.3 is 9.90 Å². The topological polar surface area (TPSA) is 74.3 Å². The number of aliphatic carboxylic acids is 1. The molecule has 0 aromatic carbocycles. The van der Waals surface area contributed by atoms with Crippen molar-refractivity contribution in [3.8, 4) is 0 Å². The first kappa shape index (κ1) is 12.5. The molecule has 10 heavy (non-hydrogen) atoms. The quantitative estimate of drug-likeness (QED) is 0.231. The van der Waals surface area contributed by atoms with Gasteiger partial charge >= 0.3 is 29.6 Å². The monoisotopic (exact) mass is 152 g/mol. The van der Waals surface area contributed by atoms with Gasteiger partial charge in [0.1, 0.15) is 11.8 Å². The summed E-state index contributed by atoms with van der Waals surface area (Å²) in [6, 6.07) is 0. The average Bonchev–Trinajstić information content (AvgIpc) is 1.63. The van der Waals surface area contributed by atoms with E-state index in [0.717, 1.165) is 6.92 Å². The Kier molecular flexibility index (Phi) is 6.97. The molecule has 0 fully saturated rings. The molecule has 0 saturated carbocycles. The average molecular weight is 152 g/mol. The zero-order valence-corrected chi connectivity index (χ0v) is 7.84. The molecule has 0 radical (unpaired) electrons. The van der Waals surface area contributed by atoms with E-state index in [2.05, 4.69) is 0 Å². The smallest absolute Gasteiger partial charge is 0.542 e. The fraction of sp³-hybridized carbons (Fsp3) is 0.400. The van der Waals surface area contributed by atoms with Crippen LogP contribution in [0.4, 0.5) is 0 Å². The molecule has 5 heteroatoms. The van der Waals surface area contributed by atoms with Crippen molar-refractivity contribution in [3.05, 3.63) is 0 Å². The van der Waals surface area contributed by atoms with Crippen LogP contribution in [-0.2, 0) is 14.4 Å². The van der Waals surface area contributed by atoms with E-state index in [4.69, 9.17) is 0 Å². The Morgan fingerprint density at radius 2 is 1.70 bits per heavy atom. The van der Waals surface area contributed by atoms with Crippen LogP contribution in [0.3, 0.4) is 0 Å². The van der Waals surface area contributed by atoms with Gasteiger partial charge in [-0.25, -0.2) is 0 Å². The number of carbonyl (C=O) groups is 3. The molecule has 0 aromatic heterocycles. The molecule has 0 N–H and O–H groups in total. The standard InChI is InChI=1S/C5H6O4.Na/c1-3(6)2-4(7)5(8)9;/h2H2,1H3,(H,8,9);/q;+1/p-1. The molecule has 0 amide bonds. The van der Waals surface area contributed by atoms with Crippen LogP contribution in [0.5, 0.6) is 0 Å². The Morgan fingerprint density at radius 3 is 1.80 bits per heavy atom. The van der Waals surface area contributed by atoms with Crippen LogP contribution in [0.15, 0.2) is 0 Å². The van der Waals surface area contributed by atoms with Crippen LogP contribution in [0.2, 0.25) is 0 Å². The van der Waals surface area contributed by atoms with E-state index in [1.807, 2.05) is 0 Å². The summed E-state index contributed by atoms with van der Waals surface area (Å²) in [7, 11) is 0. The van der Waals surface area contributed by atoms with Gasteiger partial charge in [0.05, 0.1) is 6.42 Å². The molecule has 0 aliphatic rings. The van der Waals surface area contributed by atoms with Crippen molar-refractivity contribution in [2.24, 2.45) is 0 Å². The molecule has 0 rings (SSSR count). The number of carboxylic acids is 1. The Morgan fingerprint density at radius 1 is 1.30 bits per heavy atom. The molecule has 0 aliphatic heterocycles. The van der Waals surface area contributed by atoms with Crippen molar-refractivity contribution in [2.75, 3.05) is 0 Å². The maximum atomic E-state index is 10.1. The number of hydrogen-bond donors (Lipinski definition) is 0. The van der Waals surface area contributed by atoms with Crippen molar-refractivity contribution in [1.82, 2.24) is 0 Å². The predicted octanol–water partition coefficient (Wildman–Crippen LogP) is -4.71. The molecule has 4 nitrogen and oxygen atoms in total. The summed E-state index contributed by atoms with van der Waals surface area (Å²) in [6.45, 7) is 1.14. The van der Waals surface area contributed by atoms with Crippen LogP contribution in [-0.4, -0.2) is 17.5 Å². The molecule has 0 spiro atoms. The fourth-order valence-corrected chi connectivity index (χ4v) is 0.298. The van der Waals surface area contributed by atoms with Crippen molar-refractivity contribution < 1.29 is 49.0 Å². The van der Waals surface area contributed by atoms with Crippen LogP contribution in [0.25, 0.3) is 0 Å². The third kappa shape index (κ3) is 5.94. The Labute approximate surface area is 79.9 Å². The number of ketones is 2. The summed E-state index contributed by atoms with van der Waals surface area (Å²) in [6.07, 6.45) is -0.567. The minimum Gasteiger partial charge on any atom is -0.542 e. The number of hydrogen-bond acceptors (Lipinski definition) is 4. The largest absolute Gasteiger partial charge is 1.00 e. The van der Waals surface area contributed by atoms with E-state index < -0.39 is 24.0 Å². The van der Waals surface area contributed by atoms with E-state index in [1.54, 1.807) is 0 Å². The zero-order valence-electron chi connectivity index (χ0n) is 5.84. The zero-order chi connectivity index (χ0) is 7.44. The van der Waals surface area contributed by atoms with Gasteiger partial charge in [0.15, 0.2) is 5.78 Å². The molecule has 50 valence electrons. The third-order valence-corrected chi connectivity index (χ3v) is 0.637. The first-order valence-electron chi connectivity index (χ1n) is 2.27. The van der Waals surface area contributed by atoms with Gasteiger partial charge in [0, 0.05) is 0 Å². The Hall–Kier alpha value is -0.190. The molecule has 0 aliphatic carbocycles. The van der Waals surface area contributed by atoms with Crippen LogP contribution in [0, 0.1) is 0 Å². The molecular formula is C5H5NaO4. The van der Waals surface area contributed by atoms with E-state index in [0.29, 0.717) is 0 Å². The normalized spacial score (nSPS) is 7.70. The molecule has 0 aromatic rings. The van der Waals surface area contributed by atoms with Gasteiger partial charge in [-0.3, -0.25) is 9.59 Å². The SMILES string of the molecule is CC(=O)CC(=O)C(=O)[O-].[Na+]. The number of carboxylic acid groups (broad SMARTS) is 1. The molecule has 0 bridgehead atoms. The second-order valence-electron chi connectivity index (χ2n) is 1.59. The second kappa shape index (κ2) is 5.58. The molecule has 0 heterocycles. The summed E-state index contributed by atoms with van der Waals surface area (Å²) >= 11 is 0. The second-order valence-corrected chi connectivity index (χ2v) is 1.59. The summed E-state index contributed by atoms with van der Waals surface area (Å²) in [5.74, 6) is -3.43. The van der Waals surface area contributed by atoms with Gasteiger partial charge in [-0.1, -0.05) is 0 Å². The number of carbonyl (C=O) groups excluding carboxylic acids is 3. The van der Waals surface area contributed by atoms with Gasteiger partial charge in [0.25, 0.3) is 0 Å². The Balaban J connectivity index is 0. The van der Waals surface area contributed by atoms with Gasteiger partial charge in [-0.15, -0.1) is 0 Å². The number of Topliss-reactive ketones (excluding diaryl/α,β-unsaturated/α-hetero) is 2. The van der Waals surface area contributed by atoms with Crippen LogP contribution in [0.1, 0.15) is 13.3 Å². The van der Waals surface area contributed by atoms with Gasteiger partial charge in [-0.05, 0) is 6.92 Å². The molecular weight excluding hydrogens is 147 g/mol. The first-order chi connectivity index (χ1) is 4.04. The van der Waals surface area contributed by atoms with Crippen LogP contribution >= 0.6 is 0 Å². The minimum atomic E-state index is -1.80. The predicted molar refractivity (Wildman–Crippen MR) is 25.3 cm³/mol. The molecule has 0 unspecified atom stereocenters. The van der Waals surface area contributed by atoms with Crippen LogP contribution < -0.4 is 34.7 Å². The maximum Gasteiger partial charge on any atom is 1.00 e. The van der Waals surface area contributed by atoms with Crippen molar-refractivity contribution in [3.63, 3.8) is 0 Å².